The van der Waals surface area contributed by atoms with Gasteiger partial charge in [0.15, 0.2) is 0 Å². The van der Waals surface area contributed by atoms with E-state index in [-0.39, 0.29) is 5.56 Å². The summed E-state index contributed by atoms with van der Waals surface area (Å²) in [6, 6.07) is 5.20. The van der Waals surface area contributed by atoms with Crippen molar-refractivity contribution in [3.05, 3.63) is 34.1 Å². The van der Waals surface area contributed by atoms with Crippen LogP contribution in [0.5, 0.6) is 0 Å². The Morgan fingerprint density at radius 2 is 2.25 bits per heavy atom. The van der Waals surface area contributed by atoms with Gasteiger partial charge in [0.1, 0.15) is 11.9 Å². The molecule has 0 radical (unpaired) electrons. The van der Waals surface area contributed by atoms with E-state index in [1.165, 1.54) is 12.1 Å². The molecule has 0 amide bonds. The fourth-order valence-electron chi connectivity index (χ4n) is 0.822. The molecular formula is C8H6BrFN2. The normalized spacial score (nSPS) is 12.2. The monoisotopic (exact) mass is 228 g/mol. The lowest BCUT2D eigenvalue weighted by Crippen LogP contribution is -2.09. The highest BCUT2D eigenvalue weighted by Gasteiger charge is 2.09. The molecule has 0 aromatic heterocycles. The van der Waals surface area contributed by atoms with Gasteiger partial charge >= 0.3 is 0 Å². The van der Waals surface area contributed by atoms with Crippen molar-refractivity contribution in [3.63, 3.8) is 0 Å². The standard InChI is InChI=1S/C8H6BrFN2/c9-5-1-2-7(10)6(3-5)8(12)4-11/h1-3,8H,12H2/t8-/m1/s1. The summed E-state index contributed by atoms with van der Waals surface area (Å²) in [4.78, 5) is 0. The van der Waals surface area contributed by atoms with Crippen molar-refractivity contribution in [1.29, 1.82) is 5.26 Å². The molecule has 0 fully saturated rings. The van der Waals surface area contributed by atoms with Gasteiger partial charge in [-0.2, -0.15) is 5.26 Å². The molecule has 0 aliphatic carbocycles. The maximum absolute atomic E-state index is 13.0. The molecule has 1 aromatic rings. The Morgan fingerprint density at radius 1 is 1.58 bits per heavy atom. The fourth-order valence-corrected chi connectivity index (χ4v) is 1.20. The van der Waals surface area contributed by atoms with Gasteiger partial charge in [-0.05, 0) is 18.2 Å². The number of nitrogens with zero attached hydrogens (tertiary/aromatic N) is 1. The second-order valence-electron chi connectivity index (χ2n) is 2.27. The Morgan fingerprint density at radius 3 is 2.83 bits per heavy atom. The second kappa shape index (κ2) is 3.65. The quantitative estimate of drug-likeness (QED) is 0.801. The van der Waals surface area contributed by atoms with E-state index in [0.29, 0.717) is 4.47 Å². The van der Waals surface area contributed by atoms with Gasteiger partial charge in [-0.25, -0.2) is 4.39 Å². The number of hydrogen-bond acceptors (Lipinski definition) is 2. The van der Waals surface area contributed by atoms with Crippen molar-refractivity contribution in [1.82, 2.24) is 0 Å². The van der Waals surface area contributed by atoms with Crippen LogP contribution in [0, 0.1) is 17.1 Å². The number of rotatable bonds is 1. The van der Waals surface area contributed by atoms with Crippen LogP contribution in [0.15, 0.2) is 22.7 Å². The lowest BCUT2D eigenvalue weighted by atomic mass is 10.1. The first kappa shape index (κ1) is 9.17. The molecule has 0 spiro atoms. The van der Waals surface area contributed by atoms with Gasteiger partial charge < -0.3 is 5.73 Å². The Bertz CT molecular complexity index is 332. The average Bonchev–Trinajstić information content (AvgIpc) is 2.08. The zero-order valence-electron chi connectivity index (χ0n) is 6.09. The summed E-state index contributed by atoms with van der Waals surface area (Å²) in [5, 5.41) is 8.45. The summed E-state index contributed by atoms with van der Waals surface area (Å²) in [6.07, 6.45) is 0. The minimum atomic E-state index is -0.900. The molecular weight excluding hydrogens is 223 g/mol. The van der Waals surface area contributed by atoms with Crippen molar-refractivity contribution in [2.24, 2.45) is 5.73 Å². The van der Waals surface area contributed by atoms with E-state index in [1.807, 2.05) is 0 Å². The van der Waals surface area contributed by atoms with E-state index < -0.39 is 11.9 Å². The highest BCUT2D eigenvalue weighted by atomic mass is 79.9. The van der Waals surface area contributed by atoms with Crippen molar-refractivity contribution < 1.29 is 4.39 Å². The predicted molar refractivity (Wildman–Crippen MR) is 46.6 cm³/mol. The number of nitriles is 1. The van der Waals surface area contributed by atoms with E-state index in [2.05, 4.69) is 15.9 Å². The molecule has 0 aliphatic heterocycles. The minimum absolute atomic E-state index is 0.215. The molecule has 0 unspecified atom stereocenters. The number of benzene rings is 1. The predicted octanol–water partition coefficient (Wildman–Crippen LogP) is 2.11. The van der Waals surface area contributed by atoms with Crippen molar-refractivity contribution in [2.45, 2.75) is 6.04 Å². The second-order valence-corrected chi connectivity index (χ2v) is 3.19. The van der Waals surface area contributed by atoms with Crippen LogP contribution in [0.2, 0.25) is 0 Å². The van der Waals surface area contributed by atoms with Crippen LogP contribution in [0.25, 0.3) is 0 Å². The molecule has 0 saturated carbocycles. The van der Waals surface area contributed by atoms with Crippen LogP contribution in [0.3, 0.4) is 0 Å². The molecule has 12 heavy (non-hydrogen) atoms. The summed E-state index contributed by atoms with van der Waals surface area (Å²) >= 11 is 3.16. The SMILES string of the molecule is N#C[C@@H](N)c1cc(Br)ccc1F. The summed E-state index contributed by atoms with van der Waals surface area (Å²) in [5.74, 6) is -0.452. The lowest BCUT2D eigenvalue weighted by molar-refractivity contribution is 0.603. The first-order valence-corrected chi connectivity index (χ1v) is 4.04. The number of halogens is 2. The van der Waals surface area contributed by atoms with Gasteiger partial charge in [-0.15, -0.1) is 0 Å². The Hall–Kier alpha value is -0.920. The summed E-state index contributed by atoms with van der Waals surface area (Å²) in [6.45, 7) is 0. The Labute approximate surface area is 77.9 Å². The van der Waals surface area contributed by atoms with Crippen LogP contribution in [-0.2, 0) is 0 Å². The van der Waals surface area contributed by atoms with E-state index in [1.54, 1.807) is 12.1 Å². The van der Waals surface area contributed by atoms with Crippen molar-refractivity contribution >= 4 is 15.9 Å². The fraction of sp³-hybridized carbons (Fsp3) is 0.125. The molecule has 1 rings (SSSR count). The van der Waals surface area contributed by atoms with Gasteiger partial charge in [-0.1, -0.05) is 15.9 Å². The molecule has 1 atom stereocenters. The van der Waals surface area contributed by atoms with Gasteiger partial charge in [0, 0.05) is 10.0 Å². The molecule has 2 N–H and O–H groups in total. The molecule has 2 nitrogen and oxygen atoms in total. The lowest BCUT2D eigenvalue weighted by Gasteiger charge is -2.04. The maximum Gasteiger partial charge on any atom is 0.129 e. The van der Waals surface area contributed by atoms with E-state index in [9.17, 15) is 4.39 Å². The molecule has 0 heterocycles. The maximum atomic E-state index is 13.0. The van der Waals surface area contributed by atoms with Gasteiger partial charge in [0.2, 0.25) is 0 Å². The van der Waals surface area contributed by atoms with Crippen LogP contribution in [-0.4, -0.2) is 0 Å². The molecule has 1 aromatic carbocycles. The average molecular weight is 229 g/mol. The molecule has 62 valence electrons. The third-order valence-electron chi connectivity index (χ3n) is 1.43. The van der Waals surface area contributed by atoms with Gasteiger partial charge in [0.05, 0.1) is 6.07 Å². The van der Waals surface area contributed by atoms with Gasteiger partial charge in [-0.3, -0.25) is 0 Å². The van der Waals surface area contributed by atoms with E-state index in [4.69, 9.17) is 11.0 Å². The minimum Gasteiger partial charge on any atom is -0.312 e. The van der Waals surface area contributed by atoms with Crippen LogP contribution < -0.4 is 5.73 Å². The first-order chi connectivity index (χ1) is 5.65. The zero-order valence-corrected chi connectivity index (χ0v) is 7.68. The van der Waals surface area contributed by atoms with Crippen molar-refractivity contribution in [2.75, 3.05) is 0 Å². The summed E-state index contributed by atoms with van der Waals surface area (Å²) in [7, 11) is 0. The van der Waals surface area contributed by atoms with Gasteiger partial charge in [0.25, 0.3) is 0 Å². The molecule has 0 aliphatic rings. The first-order valence-electron chi connectivity index (χ1n) is 3.25. The molecule has 4 heteroatoms. The summed E-state index contributed by atoms with van der Waals surface area (Å²) in [5.41, 5.74) is 5.56. The van der Waals surface area contributed by atoms with Crippen molar-refractivity contribution in [3.8, 4) is 6.07 Å². The summed E-state index contributed by atoms with van der Waals surface area (Å²) < 4.78 is 13.7. The van der Waals surface area contributed by atoms with Crippen LogP contribution in [0.1, 0.15) is 11.6 Å². The van der Waals surface area contributed by atoms with E-state index >= 15 is 0 Å². The topological polar surface area (TPSA) is 49.8 Å². The largest absolute Gasteiger partial charge is 0.312 e. The third kappa shape index (κ3) is 1.81. The Kier molecular flexibility index (Phi) is 2.79. The van der Waals surface area contributed by atoms with E-state index in [0.717, 1.165) is 0 Å². The zero-order chi connectivity index (χ0) is 9.14. The molecule has 0 bridgehead atoms. The molecule has 0 saturated heterocycles. The highest BCUT2D eigenvalue weighted by molar-refractivity contribution is 9.10. The third-order valence-corrected chi connectivity index (χ3v) is 1.93. The smallest absolute Gasteiger partial charge is 0.129 e. The van der Waals surface area contributed by atoms with Crippen LogP contribution >= 0.6 is 15.9 Å². The van der Waals surface area contributed by atoms with Crippen LogP contribution in [0.4, 0.5) is 4.39 Å². The number of nitrogens with two attached hydrogens (primary N) is 1. The number of hydrogen-bond donors (Lipinski definition) is 1. The Balaban J connectivity index is 3.15. The highest BCUT2D eigenvalue weighted by Crippen LogP contribution is 2.19.